The molecule has 0 bridgehead atoms. The molecule has 2 aromatic rings. The Morgan fingerprint density at radius 3 is 2.19 bits per heavy atom. The first kappa shape index (κ1) is 15.8. The van der Waals surface area contributed by atoms with Crippen LogP contribution in [0.5, 0.6) is 0 Å². The first-order valence-electron chi connectivity index (χ1n) is 6.95. The fourth-order valence-electron chi connectivity index (χ4n) is 2.04. The molecule has 21 heavy (non-hydrogen) atoms. The fourth-order valence-corrected chi connectivity index (χ4v) is 2.63. The molecule has 2 nitrogen and oxygen atoms in total. The van der Waals surface area contributed by atoms with E-state index in [1.165, 1.54) is 5.56 Å². The van der Waals surface area contributed by atoms with Crippen LogP contribution in [0.2, 0.25) is 0 Å². The van der Waals surface area contributed by atoms with Crippen LogP contribution in [0.1, 0.15) is 42.3 Å². The average molecular weight is 346 g/mol. The van der Waals surface area contributed by atoms with Gasteiger partial charge in [0.1, 0.15) is 0 Å². The fraction of sp³-hybridized carbons (Fsp3) is 0.278. The van der Waals surface area contributed by atoms with E-state index in [2.05, 4.69) is 42.0 Å². The molecular weight excluding hydrogens is 326 g/mol. The van der Waals surface area contributed by atoms with Gasteiger partial charge in [0.15, 0.2) is 0 Å². The van der Waals surface area contributed by atoms with Crippen LogP contribution in [0.4, 0.5) is 5.69 Å². The van der Waals surface area contributed by atoms with Gasteiger partial charge < -0.3 is 5.32 Å². The summed E-state index contributed by atoms with van der Waals surface area (Å²) >= 11 is 3.47. The Balaban J connectivity index is 2.17. The van der Waals surface area contributed by atoms with Crippen LogP contribution < -0.4 is 5.32 Å². The number of carbonyl (C=O) groups is 1. The number of amides is 1. The maximum atomic E-state index is 12.3. The Morgan fingerprint density at radius 2 is 1.67 bits per heavy atom. The van der Waals surface area contributed by atoms with Gasteiger partial charge in [-0.25, -0.2) is 0 Å². The van der Waals surface area contributed by atoms with E-state index < -0.39 is 0 Å². The number of aryl methyl sites for hydroxylation is 1. The molecule has 0 atom stereocenters. The van der Waals surface area contributed by atoms with E-state index in [9.17, 15) is 4.79 Å². The zero-order chi connectivity index (χ0) is 15.6. The molecule has 2 aromatic carbocycles. The van der Waals surface area contributed by atoms with Crippen LogP contribution in [0, 0.1) is 6.92 Å². The second-order valence-corrected chi connectivity index (χ2v) is 7.12. The Hall–Kier alpha value is -1.61. The van der Waals surface area contributed by atoms with Gasteiger partial charge in [-0.1, -0.05) is 39.0 Å². The van der Waals surface area contributed by atoms with Crippen molar-refractivity contribution in [2.24, 2.45) is 0 Å². The molecule has 0 saturated heterocycles. The highest BCUT2D eigenvalue weighted by Crippen LogP contribution is 2.25. The normalized spacial score (nSPS) is 11.3. The minimum Gasteiger partial charge on any atom is -0.321 e. The van der Waals surface area contributed by atoms with Gasteiger partial charge in [-0.05, 0) is 63.7 Å². The highest BCUT2D eigenvalue weighted by atomic mass is 79.9. The summed E-state index contributed by atoms with van der Waals surface area (Å²) in [4.78, 5) is 12.3. The highest BCUT2D eigenvalue weighted by Gasteiger charge is 2.14. The van der Waals surface area contributed by atoms with Crippen molar-refractivity contribution in [3.8, 4) is 0 Å². The first-order valence-corrected chi connectivity index (χ1v) is 7.75. The van der Waals surface area contributed by atoms with Gasteiger partial charge in [-0.2, -0.15) is 0 Å². The molecule has 0 spiro atoms. The van der Waals surface area contributed by atoms with Crippen molar-refractivity contribution in [3.05, 3.63) is 63.6 Å². The molecule has 1 N–H and O–H groups in total. The number of rotatable bonds is 2. The number of carbonyl (C=O) groups excluding carboxylic acids is 1. The predicted molar refractivity (Wildman–Crippen MR) is 92.0 cm³/mol. The van der Waals surface area contributed by atoms with Crippen LogP contribution in [-0.4, -0.2) is 5.91 Å². The second-order valence-electron chi connectivity index (χ2n) is 6.26. The third-order valence-corrected chi connectivity index (χ3v) is 4.04. The minimum absolute atomic E-state index is 0.0923. The van der Waals surface area contributed by atoms with Crippen molar-refractivity contribution in [3.63, 3.8) is 0 Å². The summed E-state index contributed by atoms with van der Waals surface area (Å²) in [7, 11) is 0. The molecule has 2 rings (SSSR count). The van der Waals surface area contributed by atoms with Crippen LogP contribution in [0.15, 0.2) is 46.9 Å². The van der Waals surface area contributed by atoms with Crippen LogP contribution >= 0.6 is 15.9 Å². The van der Waals surface area contributed by atoms with Crippen molar-refractivity contribution >= 4 is 27.5 Å². The van der Waals surface area contributed by atoms with Gasteiger partial charge in [-0.15, -0.1) is 0 Å². The van der Waals surface area contributed by atoms with Gasteiger partial charge in [-0.3, -0.25) is 4.79 Å². The zero-order valence-electron chi connectivity index (χ0n) is 12.8. The number of anilines is 1. The number of hydrogen-bond donors (Lipinski definition) is 1. The summed E-state index contributed by atoms with van der Waals surface area (Å²) in [6.45, 7) is 8.49. The van der Waals surface area contributed by atoms with Crippen LogP contribution in [0.3, 0.4) is 0 Å². The van der Waals surface area contributed by atoms with Crippen molar-refractivity contribution in [2.75, 3.05) is 5.32 Å². The SMILES string of the molecule is Cc1ccc(NC(=O)c2ccc(C(C)(C)C)cc2)c(Br)c1. The molecule has 0 saturated carbocycles. The van der Waals surface area contributed by atoms with E-state index >= 15 is 0 Å². The van der Waals surface area contributed by atoms with Crippen molar-refractivity contribution in [1.29, 1.82) is 0 Å². The lowest BCUT2D eigenvalue weighted by Gasteiger charge is -2.19. The van der Waals surface area contributed by atoms with Crippen LogP contribution in [-0.2, 0) is 5.41 Å². The molecule has 0 aliphatic rings. The van der Waals surface area contributed by atoms with E-state index in [4.69, 9.17) is 0 Å². The standard InChI is InChI=1S/C18H20BrNO/c1-12-5-10-16(15(19)11-12)20-17(21)13-6-8-14(9-7-13)18(2,3)4/h5-11H,1-4H3,(H,20,21). The van der Waals surface area contributed by atoms with Gasteiger partial charge in [0.2, 0.25) is 0 Å². The lowest BCUT2D eigenvalue weighted by molar-refractivity contribution is 0.102. The Kier molecular flexibility index (Phi) is 4.52. The minimum atomic E-state index is -0.0972. The highest BCUT2D eigenvalue weighted by molar-refractivity contribution is 9.10. The average Bonchev–Trinajstić information content (AvgIpc) is 2.41. The molecule has 0 aliphatic heterocycles. The summed E-state index contributed by atoms with van der Waals surface area (Å²) in [6, 6.07) is 13.6. The lowest BCUT2D eigenvalue weighted by atomic mass is 9.87. The summed E-state index contributed by atoms with van der Waals surface area (Å²) in [5.41, 5.74) is 3.90. The quantitative estimate of drug-likeness (QED) is 0.785. The summed E-state index contributed by atoms with van der Waals surface area (Å²) in [5.74, 6) is -0.0972. The monoisotopic (exact) mass is 345 g/mol. The molecule has 3 heteroatoms. The summed E-state index contributed by atoms with van der Waals surface area (Å²) in [6.07, 6.45) is 0. The van der Waals surface area contributed by atoms with E-state index in [0.717, 1.165) is 15.7 Å². The second kappa shape index (κ2) is 6.02. The number of hydrogen-bond acceptors (Lipinski definition) is 1. The van der Waals surface area contributed by atoms with Crippen molar-refractivity contribution in [1.82, 2.24) is 0 Å². The topological polar surface area (TPSA) is 29.1 Å². The molecule has 0 radical (unpaired) electrons. The molecule has 0 fully saturated rings. The Bertz CT molecular complexity index is 654. The number of benzene rings is 2. The zero-order valence-corrected chi connectivity index (χ0v) is 14.4. The molecule has 0 aromatic heterocycles. The molecule has 0 heterocycles. The molecule has 1 amide bonds. The molecule has 0 unspecified atom stereocenters. The summed E-state index contributed by atoms with van der Waals surface area (Å²) in [5, 5.41) is 2.93. The van der Waals surface area contributed by atoms with E-state index in [1.807, 2.05) is 49.4 Å². The smallest absolute Gasteiger partial charge is 0.255 e. The summed E-state index contributed by atoms with van der Waals surface area (Å²) < 4.78 is 0.891. The largest absolute Gasteiger partial charge is 0.321 e. The van der Waals surface area contributed by atoms with Crippen molar-refractivity contribution in [2.45, 2.75) is 33.1 Å². The number of nitrogens with one attached hydrogen (secondary N) is 1. The Morgan fingerprint density at radius 1 is 1.05 bits per heavy atom. The van der Waals surface area contributed by atoms with E-state index in [1.54, 1.807) is 0 Å². The van der Waals surface area contributed by atoms with E-state index in [-0.39, 0.29) is 11.3 Å². The third kappa shape index (κ3) is 3.94. The maximum Gasteiger partial charge on any atom is 0.255 e. The van der Waals surface area contributed by atoms with Gasteiger partial charge in [0.05, 0.1) is 5.69 Å². The number of halogens is 1. The predicted octanol–water partition coefficient (Wildman–Crippen LogP) is 5.31. The third-order valence-electron chi connectivity index (χ3n) is 3.39. The molecule has 0 aliphatic carbocycles. The Labute approximate surface area is 134 Å². The van der Waals surface area contributed by atoms with Gasteiger partial charge in [0, 0.05) is 10.0 Å². The molecular formula is C18H20BrNO. The van der Waals surface area contributed by atoms with Gasteiger partial charge >= 0.3 is 0 Å². The lowest BCUT2D eigenvalue weighted by Crippen LogP contribution is -2.14. The van der Waals surface area contributed by atoms with Crippen molar-refractivity contribution < 1.29 is 4.79 Å². The van der Waals surface area contributed by atoms with Crippen LogP contribution in [0.25, 0.3) is 0 Å². The molecule has 110 valence electrons. The van der Waals surface area contributed by atoms with E-state index in [0.29, 0.717) is 5.56 Å². The maximum absolute atomic E-state index is 12.3. The van der Waals surface area contributed by atoms with Gasteiger partial charge in [0.25, 0.3) is 5.91 Å². The first-order chi connectivity index (χ1) is 9.77.